The molecule has 1 aromatic heterocycles. The molecule has 0 bridgehead atoms. The highest BCUT2D eigenvalue weighted by Gasteiger charge is 2.07. The van der Waals surface area contributed by atoms with Crippen molar-refractivity contribution in [2.24, 2.45) is 0 Å². The van der Waals surface area contributed by atoms with Gasteiger partial charge in [-0.05, 0) is 23.8 Å². The largest absolute Gasteiger partial charge is 0.256 e. The highest BCUT2D eigenvalue weighted by atomic mass is 28.3. The lowest BCUT2D eigenvalue weighted by Gasteiger charge is -2.03. The molecule has 1 heterocycles. The van der Waals surface area contributed by atoms with Crippen molar-refractivity contribution in [1.82, 2.24) is 4.98 Å². The fraction of sp³-hybridized carbons (Fsp3) is 0.267. The molecule has 0 saturated heterocycles. The van der Waals surface area contributed by atoms with Crippen molar-refractivity contribution in [2.45, 2.75) is 26.1 Å². The van der Waals surface area contributed by atoms with E-state index in [9.17, 15) is 0 Å². The number of nitrogens with zero attached hydrogens (tertiary/aromatic N) is 1. The molecule has 0 aliphatic heterocycles. The van der Waals surface area contributed by atoms with Gasteiger partial charge in [0.2, 0.25) is 0 Å². The number of aromatic nitrogens is 1. The van der Waals surface area contributed by atoms with Gasteiger partial charge in [-0.25, -0.2) is 0 Å². The summed E-state index contributed by atoms with van der Waals surface area (Å²) in [5, 5.41) is 1.19. The summed E-state index contributed by atoms with van der Waals surface area (Å²) in [6.45, 7) is 6.80. The van der Waals surface area contributed by atoms with Gasteiger partial charge in [0, 0.05) is 18.0 Å². The maximum absolute atomic E-state index is 4.31. The predicted molar refractivity (Wildman–Crippen MR) is 76.6 cm³/mol. The first-order chi connectivity index (χ1) is 8.04. The summed E-state index contributed by atoms with van der Waals surface area (Å²) in [7, 11) is -1.24. The highest BCUT2D eigenvalue weighted by molar-refractivity contribution is 6.83. The Balaban J connectivity index is 2.22. The third kappa shape index (κ3) is 3.44. The zero-order chi connectivity index (χ0) is 12.3. The molecule has 2 aromatic rings. The maximum Gasteiger partial charge on any atom is 0.129 e. The molecule has 0 fully saturated rings. The molecule has 86 valence electrons. The fourth-order valence-corrected chi connectivity index (χ4v) is 2.27. The van der Waals surface area contributed by atoms with E-state index in [1.54, 1.807) is 0 Å². The van der Waals surface area contributed by atoms with Crippen molar-refractivity contribution in [1.29, 1.82) is 0 Å². The second kappa shape index (κ2) is 4.73. The van der Waals surface area contributed by atoms with Crippen LogP contribution in [-0.2, 0) is 6.42 Å². The van der Waals surface area contributed by atoms with Gasteiger partial charge < -0.3 is 0 Å². The van der Waals surface area contributed by atoms with Crippen LogP contribution in [0.25, 0.3) is 10.9 Å². The summed E-state index contributed by atoms with van der Waals surface area (Å²) in [6, 6.07) is 10.4. The van der Waals surface area contributed by atoms with Crippen LogP contribution in [0.2, 0.25) is 19.6 Å². The number of benzene rings is 1. The second-order valence-electron chi connectivity index (χ2n) is 5.26. The molecule has 0 amide bonds. The first kappa shape index (κ1) is 11.9. The third-order valence-corrected chi connectivity index (χ3v) is 3.35. The smallest absolute Gasteiger partial charge is 0.129 e. The Bertz CT molecular complexity index is 585. The van der Waals surface area contributed by atoms with Gasteiger partial charge in [-0.2, -0.15) is 0 Å². The number of hydrogen-bond donors (Lipinski definition) is 0. The molecule has 2 rings (SSSR count). The summed E-state index contributed by atoms with van der Waals surface area (Å²) in [4.78, 5) is 4.31. The molecule has 1 aromatic carbocycles. The second-order valence-corrected chi connectivity index (χ2v) is 10.0. The number of fused-ring (bicyclic) bond motifs is 1. The van der Waals surface area contributed by atoms with E-state index in [0.717, 1.165) is 11.9 Å². The van der Waals surface area contributed by atoms with Crippen molar-refractivity contribution in [3.63, 3.8) is 0 Å². The molecular formula is C15H17NSi. The van der Waals surface area contributed by atoms with E-state index in [0.29, 0.717) is 0 Å². The van der Waals surface area contributed by atoms with Crippen LogP contribution in [0.3, 0.4) is 0 Å². The minimum absolute atomic E-state index is 0.842. The lowest BCUT2D eigenvalue weighted by atomic mass is 10.1. The summed E-state index contributed by atoms with van der Waals surface area (Å²) in [5.74, 6) is 3.30. The van der Waals surface area contributed by atoms with Gasteiger partial charge in [0.25, 0.3) is 0 Å². The van der Waals surface area contributed by atoms with Crippen LogP contribution in [-0.4, -0.2) is 13.1 Å². The van der Waals surface area contributed by atoms with E-state index in [2.05, 4.69) is 60.4 Å². The lowest BCUT2D eigenvalue weighted by Crippen LogP contribution is -2.16. The van der Waals surface area contributed by atoms with Crippen molar-refractivity contribution in [2.75, 3.05) is 0 Å². The van der Waals surface area contributed by atoms with E-state index < -0.39 is 8.07 Å². The van der Waals surface area contributed by atoms with Crippen LogP contribution < -0.4 is 0 Å². The normalized spacial score (nSPS) is 11.0. The fourth-order valence-electron chi connectivity index (χ4n) is 1.65. The standard InChI is InChI=1S/C15H17NSi/c1-17(2,3)11-5-6-13-8-9-15-14(12-13)7-4-10-16-15/h4,7-10,12H,6H2,1-3H3. The summed E-state index contributed by atoms with van der Waals surface area (Å²) < 4.78 is 0. The third-order valence-electron chi connectivity index (χ3n) is 2.42. The van der Waals surface area contributed by atoms with E-state index in [-0.39, 0.29) is 0 Å². The quantitative estimate of drug-likeness (QED) is 0.547. The molecule has 1 nitrogen and oxygen atoms in total. The molecule has 17 heavy (non-hydrogen) atoms. The molecule has 0 saturated carbocycles. The number of rotatable bonds is 1. The zero-order valence-electron chi connectivity index (χ0n) is 10.6. The van der Waals surface area contributed by atoms with Crippen LogP contribution in [0.4, 0.5) is 0 Å². The molecule has 0 N–H and O–H groups in total. The van der Waals surface area contributed by atoms with Crippen molar-refractivity contribution >= 4 is 19.0 Å². The van der Waals surface area contributed by atoms with Gasteiger partial charge in [-0.1, -0.05) is 31.8 Å². The van der Waals surface area contributed by atoms with Crippen molar-refractivity contribution in [3.05, 3.63) is 42.1 Å². The molecule has 0 atom stereocenters. The van der Waals surface area contributed by atoms with Gasteiger partial charge in [0.05, 0.1) is 5.52 Å². The van der Waals surface area contributed by atoms with Crippen molar-refractivity contribution < 1.29 is 0 Å². The number of hydrogen-bond acceptors (Lipinski definition) is 1. The Labute approximate surface area is 104 Å². The van der Waals surface area contributed by atoms with E-state index in [1.165, 1.54) is 10.9 Å². The van der Waals surface area contributed by atoms with Crippen LogP contribution in [0.15, 0.2) is 36.5 Å². The van der Waals surface area contributed by atoms with Crippen LogP contribution in [0.1, 0.15) is 5.56 Å². The first-order valence-corrected chi connectivity index (χ1v) is 9.38. The number of pyridine rings is 1. The van der Waals surface area contributed by atoms with Gasteiger partial charge in [-0.15, -0.1) is 11.5 Å². The minimum atomic E-state index is -1.24. The molecule has 2 heteroatoms. The van der Waals surface area contributed by atoms with Gasteiger partial charge in [0.1, 0.15) is 8.07 Å². The molecule has 0 unspecified atom stereocenters. The average molecular weight is 239 g/mol. The molecular weight excluding hydrogens is 222 g/mol. The molecule has 0 spiro atoms. The molecule has 0 aliphatic carbocycles. The van der Waals surface area contributed by atoms with Gasteiger partial charge >= 0.3 is 0 Å². The summed E-state index contributed by atoms with van der Waals surface area (Å²) in [5.41, 5.74) is 5.72. The Kier molecular flexibility index (Phi) is 3.30. The van der Waals surface area contributed by atoms with Crippen LogP contribution >= 0.6 is 0 Å². The lowest BCUT2D eigenvalue weighted by molar-refractivity contribution is 1.32. The zero-order valence-corrected chi connectivity index (χ0v) is 11.6. The highest BCUT2D eigenvalue weighted by Crippen LogP contribution is 2.13. The summed E-state index contributed by atoms with van der Waals surface area (Å²) >= 11 is 0. The van der Waals surface area contributed by atoms with Crippen LogP contribution in [0.5, 0.6) is 0 Å². The minimum Gasteiger partial charge on any atom is -0.256 e. The maximum atomic E-state index is 4.31. The summed E-state index contributed by atoms with van der Waals surface area (Å²) in [6.07, 6.45) is 2.67. The van der Waals surface area contributed by atoms with E-state index in [4.69, 9.17) is 0 Å². The molecule has 0 aliphatic rings. The van der Waals surface area contributed by atoms with Gasteiger partial charge in [0.15, 0.2) is 0 Å². The van der Waals surface area contributed by atoms with Gasteiger partial charge in [-0.3, -0.25) is 4.98 Å². The van der Waals surface area contributed by atoms with E-state index in [1.807, 2.05) is 12.3 Å². The Hall–Kier alpha value is -1.59. The van der Waals surface area contributed by atoms with Crippen molar-refractivity contribution in [3.8, 4) is 11.5 Å². The monoisotopic (exact) mass is 239 g/mol. The topological polar surface area (TPSA) is 12.9 Å². The Morgan fingerprint density at radius 3 is 2.76 bits per heavy atom. The molecule has 0 radical (unpaired) electrons. The average Bonchev–Trinajstić information content (AvgIpc) is 2.27. The van der Waals surface area contributed by atoms with Crippen LogP contribution in [0, 0.1) is 11.5 Å². The first-order valence-electron chi connectivity index (χ1n) is 5.88. The predicted octanol–water partition coefficient (Wildman–Crippen LogP) is 3.66. The Morgan fingerprint density at radius 2 is 2.00 bits per heavy atom. The van der Waals surface area contributed by atoms with E-state index >= 15 is 0 Å². The SMILES string of the molecule is C[Si](C)(C)C#CCc1ccc2ncccc2c1. The Morgan fingerprint density at radius 1 is 1.18 bits per heavy atom.